The lowest BCUT2D eigenvalue weighted by atomic mass is 9.98. The van der Waals surface area contributed by atoms with Crippen LogP contribution in [0.4, 0.5) is 13.2 Å². The van der Waals surface area contributed by atoms with Crippen molar-refractivity contribution < 1.29 is 18.0 Å². The largest absolute Gasteiger partial charge is 0.416 e. The second-order valence-corrected chi connectivity index (χ2v) is 5.33. The molecule has 1 atom stereocenters. The number of hydrogen-bond acceptors (Lipinski definition) is 3. The summed E-state index contributed by atoms with van der Waals surface area (Å²) in [7, 11) is 0. The molecule has 1 amide bonds. The molecule has 0 saturated carbocycles. The van der Waals surface area contributed by atoms with Gasteiger partial charge in [-0.05, 0) is 24.5 Å². The summed E-state index contributed by atoms with van der Waals surface area (Å²) in [6.07, 6.45) is 0.870. The highest BCUT2D eigenvalue weighted by Gasteiger charge is 2.39. The normalized spacial score (nSPS) is 18.2. The predicted molar refractivity (Wildman–Crippen MR) is 76.5 cm³/mol. The van der Waals surface area contributed by atoms with Crippen molar-refractivity contribution in [2.75, 3.05) is 6.54 Å². The third kappa shape index (κ3) is 3.04. The number of rotatable bonds is 2. The summed E-state index contributed by atoms with van der Waals surface area (Å²) < 4.78 is 39.7. The minimum Gasteiger partial charge on any atom is -0.330 e. The first-order chi connectivity index (χ1) is 11.0. The van der Waals surface area contributed by atoms with Gasteiger partial charge >= 0.3 is 6.18 Å². The van der Waals surface area contributed by atoms with Gasteiger partial charge in [-0.25, -0.2) is 4.98 Å². The van der Waals surface area contributed by atoms with Crippen LogP contribution < -0.4 is 0 Å². The summed E-state index contributed by atoms with van der Waals surface area (Å²) in [5, 5.41) is 0. The van der Waals surface area contributed by atoms with Gasteiger partial charge in [0, 0.05) is 18.9 Å². The Hall–Kier alpha value is -2.44. The zero-order chi connectivity index (χ0) is 16.4. The molecule has 1 aliphatic rings. The fourth-order valence-electron chi connectivity index (χ4n) is 2.94. The monoisotopic (exact) mass is 321 g/mol. The van der Waals surface area contributed by atoms with Gasteiger partial charge in [0.05, 0.1) is 17.8 Å². The predicted octanol–water partition coefficient (Wildman–Crippen LogP) is 3.47. The molecule has 1 saturated heterocycles. The first-order valence-corrected chi connectivity index (χ1v) is 7.21. The summed E-state index contributed by atoms with van der Waals surface area (Å²) in [5.41, 5.74) is -0.414. The number of amides is 1. The first-order valence-electron chi connectivity index (χ1n) is 7.21. The fraction of sp³-hybridized carbons (Fsp3) is 0.312. The summed E-state index contributed by atoms with van der Waals surface area (Å²) in [6, 6.07) is 4.82. The number of nitrogens with zero attached hydrogens (tertiary/aromatic N) is 3. The van der Waals surface area contributed by atoms with E-state index in [0.29, 0.717) is 19.4 Å². The molecule has 0 radical (unpaired) electrons. The number of aromatic nitrogens is 2. The molecular weight excluding hydrogens is 307 g/mol. The van der Waals surface area contributed by atoms with Crippen LogP contribution in [0.15, 0.2) is 42.9 Å². The number of halogens is 3. The number of alkyl halides is 3. The van der Waals surface area contributed by atoms with Crippen LogP contribution in [0.3, 0.4) is 0 Å². The number of benzene rings is 1. The minimum absolute atomic E-state index is 0.134. The van der Waals surface area contributed by atoms with Crippen molar-refractivity contribution in [1.82, 2.24) is 14.9 Å². The van der Waals surface area contributed by atoms with Gasteiger partial charge in [-0.15, -0.1) is 0 Å². The highest BCUT2D eigenvalue weighted by atomic mass is 19.4. The molecular formula is C16H14F3N3O. The third-order valence-corrected chi connectivity index (χ3v) is 3.92. The van der Waals surface area contributed by atoms with Gasteiger partial charge in [-0.1, -0.05) is 18.2 Å². The molecule has 0 spiro atoms. The van der Waals surface area contributed by atoms with E-state index in [-0.39, 0.29) is 11.3 Å². The summed E-state index contributed by atoms with van der Waals surface area (Å²) >= 11 is 0. The van der Waals surface area contributed by atoms with E-state index >= 15 is 0 Å². The van der Waals surface area contributed by atoms with Crippen LogP contribution in [-0.2, 0) is 6.18 Å². The molecule has 1 aromatic heterocycles. The van der Waals surface area contributed by atoms with E-state index in [2.05, 4.69) is 9.97 Å². The van der Waals surface area contributed by atoms with Gasteiger partial charge in [0.1, 0.15) is 5.69 Å². The zero-order valence-electron chi connectivity index (χ0n) is 12.1. The molecule has 2 heterocycles. The van der Waals surface area contributed by atoms with E-state index in [1.165, 1.54) is 35.6 Å². The van der Waals surface area contributed by atoms with E-state index in [4.69, 9.17) is 0 Å². The second-order valence-electron chi connectivity index (χ2n) is 5.33. The zero-order valence-corrected chi connectivity index (χ0v) is 12.1. The minimum atomic E-state index is -4.44. The van der Waals surface area contributed by atoms with Gasteiger partial charge in [0.15, 0.2) is 0 Å². The number of carbonyl (C=O) groups is 1. The average molecular weight is 321 g/mol. The van der Waals surface area contributed by atoms with E-state index in [9.17, 15) is 18.0 Å². The molecule has 3 rings (SSSR count). The molecule has 7 heteroatoms. The van der Waals surface area contributed by atoms with Crippen LogP contribution in [0.5, 0.6) is 0 Å². The Labute approximate surface area is 131 Å². The molecule has 0 bridgehead atoms. The summed E-state index contributed by atoms with van der Waals surface area (Å²) in [4.78, 5) is 21.8. The maximum absolute atomic E-state index is 13.2. The highest BCUT2D eigenvalue weighted by molar-refractivity contribution is 5.92. The average Bonchev–Trinajstić information content (AvgIpc) is 3.03. The van der Waals surface area contributed by atoms with Crippen molar-refractivity contribution >= 4 is 5.91 Å². The maximum atomic E-state index is 13.2. The molecule has 0 unspecified atom stereocenters. The Kier molecular flexibility index (Phi) is 4.02. The SMILES string of the molecule is O=C(c1cnccn1)N1CCC[C@H]1c1ccccc1C(F)(F)F. The molecule has 1 aromatic carbocycles. The molecule has 1 fully saturated rings. The maximum Gasteiger partial charge on any atom is 0.416 e. The molecule has 0 N–H and O–H groups in total. The van der Waals surface area contributed by atoms with Crippen molar-refractivity contribution in [2.24, 2.45) is 0 Å². The third-order valence-electron chi connectivity index (χ3n) is 3.92. The standard InChI is InChI=1S/C16H14F3N3O/c17-16(18,19)12-5-2-1-4-11(12)14-6-3-9-22(14)15(23)13-10-20-7-8-21-13/h1-2,4-5,7-8,10,14H,3,6,9H2/t14-/m0/s1. The van der Waals surface area contributed by atoms with Crippen LogP contribution >= 0.6 is 0 Å². The first kappa shape index (κ1) is 15.5. The Morgan fingerprint density at radius 3 is 2.70 bits per heavy atom. The summed E-state index contributed by atoms with van der Waals surface area (Å²) in [6.45, 7) is 0.409. The molecule has 120 valence electrons. The molecule has 4 nitrogen and oxygen atoms in total. The quantitative estimate of drug-likeness (QED) is 0.851. The Morgan fingerprint density at radius 2 is 2.00 bits per heavy atom. The van der Waals surface area contributed by atoms with Gasteiger partial charge in [-0.3, -0.25) is 9.78 Å². The van der Waals surface area contributed by atoms with Crippen LogP contribution in [0.25, 0.3) is 0 Å². The van der Waals surface area contributed by atoms with Crippen molar-refractivity contribution in [3.63, 3.8) is 0 Å². The van der Waals surface area contributed by atoms with Crippen molar-refractivity contribution in [3.05, 3.63) is 59.7 Å². The molecule has 2 aromatic rings. The van der Waals surface area contributed by atoms with Gasteiger partial charge < -0.3 is 4.90 Å². The van der Waals surface area contributed by atoms with Gasteiger partial charge in [0.2, 0.25) is 0 Å². The van der Waals surface area contributed by atoms with E-state index in [0.717, 1.165) is 6.07 Å². The van der Waals surface area contributed by atoms with Crippen LogP contribution in [0, 0.1) is 0 Å². The van der Waals surface area contributed by atoms with Crippen molar-refractivity contribution in [2.45, 2.75) is 25.1 Å². The van der Waals surface area contributed by atoms with Gasteiger partial charge in [-0.2, -0.15) is 13.2 Å². The van der Waals surface area contributed by atoms with Gasteiger partial charge in [0.25, 0.3) is 5.91 Å². The lowest BCUT2D eigenvalue weighted by Gasteiger charge is -2.27. The fourth-order valence-corrected chi connectivity index (χ4v) is 2.94. The highest BCUT2D eigenvalue weighted by Crippen LogP contribution is 2.40. The Bertz CT molecular complexity index is 703. The van der Waals surface area contributed by atoms with Crippen LogP contribution in [-0.4, -0.2) is 27.3 Å². The lowest BCUT2D eigenvalue weighted by molar-refractivity contribution is -0.138. The van der Waals surface area contributed by atoms with E-state index in [1.807, 2.05) is 0 Å². The van der Waals surface area contributed by atoms with Crippen molar-refractivity contribution in [1.29, 1.82) is 0 Å². The summed E-state index contributed by atoms with van der Waals surface area (Å²) in [5.74, 6) is -0.391. The molecule has 0 aliphatic carbocycles. The number of carbonyl (C=O) groups excluding carboxylic acids is 1. The van der Waals surface area contributed by atoms with E-state index in [1.54, 1.807) is 6.07 Å². The van der Waals surface area contributed by atoms with Crippen LogP contribution in [0.2, 0.25) is 0 Å². The molecule has 1 aliphatic heterocycles. The van der Waals surface area contributed by atoms with E-state index < -0.39 is 23.7 Å². The number of likely N-dealkylation sites (tertiary alicyclic amines) is 1. The smallest absolute Gasteiger partial charge is 0.330 e. The number of hydrogen-bond donors (Lipinski definition) is 0. The van der Waals surface area contributed by atoms with Crippen LogP contribution in [0.1, 0.15) is 40.5 Å². The second kappa shape index (κ2) is 5.98. The van der Waals surface area contributed by atoms with Crippen molar-refractivity contribution in [3.8, 4) is 0 Å². The topological polar surface area (TPSA) is 46.1 Å². The Balaban J connectivity index is 1.96. The molecule has 23 heavy (non-hydrogen) atoms. The lowest BCUT2D eigenvalue weighted by Crippen LogP contribution is -2.32. The Morgan fingerprint density at radius 1 is 1.22 bits per heavy atom.